The van der Waals surface area contributed by atoms with Crippen LogP contribution in [0.1, 0.15) is 11.1 Å². The number of hydrogen-bond acceptors (Lipinski definition) is 3. The molecular weight excluding hydrogens is 273 g/mol. The Morgan fingerprint density at radius 3 is 2.57 bits per heavy atom. The van der Waals surface area contributed by atoms with Crippen LogP contribution >= 0.6 is 0 Å². The van der Waals surface area contributed by atoms with Crippen molar-refractivity contribution >= 4 is 5.97 Å². The summed E-state index contributed by atoms with van der Waals surface area (Å²) >= 11 is 0. The van der Waals surface area contributed by atoms with E-state index >= 15 is 0 Å². The minimum Gasteiger partial charge on any atom is -0.486 e. The second-order valence-corrected chi connectivity index (χ2v) is 4.68. The highest BCUT2D eigenvalue weighted by Crippen LogP contribution is 2.18. The maximum absolute atomic E-state index is 13.6. The number of esters is 1. The minimum absolute atomic E-state index is 0.157. The first-order chi connectivity index (χ1) is 10.1. The molecule has 0 spiro atoms. The molecule has 0 saturated carbocycles. The van der Waals surface area contributed by atoms with E-state index < -0.39 is 0 Å². The fraction of sp³-hybridized carbons (Fsp3) is 0.250. The quantitative estimate of drug-likeness (QED) is 0.626. The van der Waals surface area contributed by atoms with Crippen LogP contribution in [0.4, 0.5) is 4.39 Å². The first kappa shape index (κ1) is 15.0. The highest BCUT2D eigenvalue weighted by atomic mass is 19.1. The Morgan fingerprint density at radius 2 is 1.95 bits per heavy atom. The number of nitrogens with zero attached hydrogens (tertiary/aromatic N) is 1. The van der Waals surface area contributed by atoms with Gasteiger partial charge in [-0.1, -0.05) is 6.07 Å². The van der Waals surface area contributed by atoms with E-state index in [2.05, 4.69) is 4.74 Å². The van der Waals surface area contributed by atoms with Gasteiger partial charge in [-0.2, -0.15) is 4.57 Å². The SMILES string of the molecule is COC(=O)C[n+]1ccc(COc2ccc(C)cc2F)cc1. The number of aromatic nitrogens is 1. The van der Waals surface area contributed by atoms with E-state index in [-0.39, 0.29) is 30.7 Å². The van der Waals surface area contributed by atoms with E-state index in [0.29, 0.717) is 0 Å². The summed E-state index contributed by atoms with van der Waals surface area (Å²) < 4.78 is 25.3. The van der Waals surface area contributed by atoms with Crippen molar-refractivity contribution < 1.29 is 23.2 Å². The lowest BCUT2D eigenvalue weighted by atomic mass is 10.2. The molecule has 0 bridgehead atoms. The molecule has 110 valence electrons. The maximum Gasteiger partial charge on any atom is 0.372 e. The molecule has 21 heavy (non-hydrogen) atoms. The molecule has 0 atom stereocenters. The van der Waals surface area contributed by atoms with Gasteiger partial charge >= 0.3 is 5.97 Å². The summed E-state index contributed by atoms with van der Waals surface area (Å²) in [5.41, 5.74) is 1.74. The molecule has 0 radical (unpaired) electrons. The highest BCUT2D eigenvalue weighted by molar-refractivity contribution is 5.67. The molecule has 0 N–H and O–H groups in total. The number of carbonyl (C=O) groups is 1. The Morgan fingerprint density at radius 1 is 1.24 bits per heavy atom. The molecule has 1 aromatic heterocycles. The minimum atomic E-state index is -0.369. The monoisotopic (exact) mass is 290 g/mol. The van der Waals surface area contributed by atoms with Crippen LogP contribution in [0.5, 0.6) is 5.75 Å². The molecule has 0 aliphatic heterocycles. The molecular formula is C16H17FNO3+. The van der Waals surface area contributed by atoms with E-state index in [1.807, 2.05) is 19.1 Å². The van der Waals surface area contributed by atoms with Crippen molar-refractivity contribution in [2.75, 3.05) is 7.11 Å². The predicted octanol–water partition coefficient (Wildman–Crippen LogP) is 2.17. The van der Waals surface area contributed by atoms with Gasteiger partial charge in [0.1, 0.15) is 6.61 Å². The fourth-order valence-electron chi connectivity index (χ4n) is 1.79. The normalized spacial score (nSPS) is 10.2. The van der Waals surface area contributed by atoms with Gasteiger partial charge in [0.05, 0.1) is 7.11 Å². The summed E-state index contributed by atoms with van der Waals surface area (Å²) in [6.45, 7) is 2.24. The van der Waals surface area contributed by atoms with Crippen molar-refractivity contribution in [1.29, 1.82) is 0 Å². The van der Waals surface area contributed by atoms with Crippen LogP contribution < -0.4 is 9.30 Å². The van der Waals surface area contributed by atoms with Crippen LogP contribution in [0.2, 0.25) is 0 Å². The molecule has 2 rings (SSSR count). The first-order valence-corrected chi connectivity index (χ1v) is 6.52. The third kappa shape index (κ3) is 4.27. The van der Waals surface area contributed by atoms with Crippen LogP contribution in [0.25, 0.3) is 0 Å². The van der Waals surface area contributed by atoms with Crippen molar-refractivity contribution in [3.05, 3.63) is 59.7 Å². The molecule has 0 saturated heterocycles. The zero-order valence-corrected chi connectivity index (χ0v) is 12.0. The van der Waals surface area contributed by atoms with E-state index in [9.17, 15) is 9.18 Å². The largest absolute Gasteiger partial charge is 0.486 e. The fourth-order valence-corrected chi connectivity index (χ4v) is 1.79. The molecule has 0 aliphatic carbocycles. The van der Waals surface area contributed by atoms with Crippen LogP contribution in [-0.4, -0.2) is 13.1 Å². The second-order valence-electron chi connectivity index (χ2n) is 4.68. The summed E-state index contributed by atoms with van der Waals surface area (Å²) in [4.78, 5) is 11.1. The Labute approximate surface area is 122 Å². The zero-order valence-electron chi connectivity index (χ0n) is 12.0. The second kappa shape index (κ2) is 6.83. The van der Waals surface area contributed by atoms with Gasteiger partial charge in [0.2, 0.25) is 6.54 Å². The summed E-state index contributed by atoms with van der Waals surface area (Å²) in [7, 11) is 1.35. The lowest BCUT2D eigenvalue weighted by Gasteiger charge is -2.07. The molecule has 1 heterocycles. The standard InChI is InChI=1S/C16H17FNO3/c1-12-3-4-15(14(17)9-12)21-11-13-5-7-18(8-6-13)10-16(19)20-2/h3-9H,10-11H2,1-2H3/q+1. The molecule has 0 amide bonds. The maximum atomic E-state index is 13.6. The predicted molar refractivity (Wildman–Crippen MR) is 74.1 cm³/mol. The molecule has 1 aromatic carbocycles. The Kier molecular flexibility index (Phi) is 4.87. The van der Waals surface area contributed by atoms with Gasteiger partial charge in [-0.15, -0.1) is 0 Å². The zero-order chi connectivity index (χ0) is 15.2. The summed E-state index contributed by atoms with van der Waals surface area (Å²) in [6, 6.07) is 8.48. The van der Waals surface area contributed by atoms with Gasteiger partial charge in [-0.25, -0.2) is 9.18 Å². The van der Waals surface area contributed by atoms with E-state index in [1.54, 1.807) is 29.1 Å². The summed E-state index contributed by atoms with van der Waals surface area (Å²) in [5.74, 6) is -0.454. The number of pyridine rings is 1. The van der Waals surface area contributed by atoms with E-state index in [0.717, 1.165) is 11.1 Å². The Balaban J connectivity index is 1.96. The molecule has 0 unspecified atom stereocenters. The molecule has 0 fully saturated rings. The smallest absolute Gasteiger partial charge is 0.372 e. The lowest BCUT2D eigenvalue weighted by Crippen LogP contribution is -2.37. The number of methoxy groups -OCH3 is 1. The average molecular weight is 290 g/mol. The van der Waals surface area contributed by atoms with Gasteiger partial charge in [-0.3, -0.25) is 0 Å². The van der Waals surface area contributed by atoms with Gasteiger partial charge in [0, 0.05) is 17.7 Å². The van der Waals surface area contributed by atoms with Gasteiger partial charge in [0.15, 0.2) is 24.0 Å². The van der Waals surface area contributed by atoms with Crippen LogP contribution in [0, 0.1) is 12.7 Å². The van der Waals surface area contributed by atoms with Gasteiger partial charge in [-0.05, 0) is 24.6 Å². The number of halogens is 1. The number of hydrogen-bond donors (Lipinski definition) is 0. The van der Waals surface area contributed by atoms with Crippen molar-refractivity contribution in [2.24, 2.45) is 0 Å². The number of ether oxygens (including phenoxy) is 2. The van der Waals surface area contributed by atoms with Crippen LogP contribution in [0.3, 0.4) is 0 Å². The van der Waals surface area contributed by atoms with Crippen molar-refractivity contribution in [3.8, 4) is 5.75 Å². The van der Waals surface area contributed by atoms with Gasteiger partial charge in [0.25, 0.3) is 0 Å². The van der Waals surface area contributed by atoms with Crippen molar-refractivity contribution in [1.82, 2.24) is 0 Å². The van der Waals surface area contributed by atoms with Crippen LogP contribution in [0.15, 0.2) is 42.7 Å². The van der Waals surface area contributed by atoms with Gasteiger partial charge < -0.3 is 9.47 Å². The first-order valence-electron chi connectivity index (χ1n) is 6.52. The molecule has 4 nitrogen and oxygen atoms in total. The summed E-state index contributed by atoms with van der Waals surface area (Å²) in [5, 5.41) is 0. The number of carbonyl (C=O) groups excluding carboxylic acids is 1. The number of aryl methyl sites for hydroxylation is 1. The third-order valence-corrected chi connectivity index (χ3v) is 2.98. The summed E-state index contributed by atoms with van der Waals surface area (Å²) in [6.07, 6.45) is 3.50. The van der Waals surface area contributed by atoms with Crippen molar-refractivity contribution in [2.45, 2.75) is 20.1 Å². The molecule has 5 heteroatoms. The average Bonchev–Trinajstić information content (AvgIpc) is 2.48. The van der Waals surface area contributed by atoms with Crippen LogP contribution in [-0.2, 0) is 22.7 Å². The number of benzene rings is 1. The highest BCUT2D eigenvalue weighted by Gasteiger charge is 2.09. The molecule has 0 aliphatic rings. The topological polar surface area (TPSA) is 39.4 Å². The van der Waals surface area contributed by atoms with E-state index in [4.69, 9.17) is 4.74 Å². The van der Waals surface area contributed by atoms with Crippen molar-refractivity contribution in [3.63, 3.8) is 0 Å². The number of rotatable bonds is 5. The Hall–Kier alpha value is -2.43. The lowest BCUT2D eigenvalue weighted by molar-refractivity contribution is -0.686. The Bertz CT molecular complexity index is 626. The third-order valence-electron chi connectivity index (χ3n) is 2.98. The van der Waals surface area contributed by atoms with E-state index in [1.165, 1.54) is 13.2 Å². The molecule has 2 aromatic rings.